The average molecular weight is 390 g/mol. The normalized spacial score (nSPS) is 16.7. The molecular weight excluding hydrogens is 368 g/mol. The van der Waals surface area contributed by atoms with Gasteiger partial charge in [-0.25, -0.2) is 8.42 Å². The highest BCUT2D eigenvalue weighted by Gasteiger charge is 2.31. The smallest absolute Gasteiger partial charge is 0.265 e. The lowest BCUT2D eigenvalue weighted by Gasteiger charge is -2.20. The molecule has 0 radical (unpaired) electrons. The van der Waals surface area contributed by atoms with Crippen LogP contribution in [0.25, 0.3) is 0 Å². The average Bonchev–Trinajstić information content (AvgIpc) is 2.82. The minimum atomic E-state index is -3.48. The highest BCUT2D eigenvalue weighted by atomic mass is 32.2. The van der Waals surface area contributed by atoms with Crippen molar-refractivity contribution in [2.24, 2.45) is 0 Å². The van der Waals surface area contributed by atoms with Crippen molar-refractivity contribution in [1.29, 1.82) is 0 Å². The van der Waals surface area contributed by atoms with Gasteiger partial charge in [0.25, 0.3) is 5.91 Å². The second-order valence-electron chi connectivity index (χ2n) is 6.15. The third kappa shape index (κ3) is 4.51. The predicted molar refractivity (Wildman–Crippen MR) is 104 cm³/mol. The molecule has 0 unspecified atom stereocenters. The summed E-state index contributed by atoms with van der Waals surface area (Å²) in [5.74, 6) is 0.683. The first-order valence-electron chi connectivity index (χ1n) is 8.65. The first kappa shape index (κ1) is 19.0. The third-order valence-electron chi connectivity index (χ3n) is 4.10. The van der Waals surface area contributed by atoms with Gasteiger partial charge in [0.05, 0.1) is 18.6 Å². The maximum Gasteiger partial charge on any atom is 0.265 e. The minimum absolute atomic E-state index is 0.160. The van der Waals surface area contributed by atoms with Gasteiger partial charge in [-0.05, 0) is 31.2 Å². The molecule has 0 fully saturated rings. The zero-order valence-corrected chi connectivity index (χ0v) is 16.0. The molecule has 8 heteroatoms. The molecule has 1 amide bonds. The predicted octanol–water partition coefficient (Wildman–Crippen LogP) is 2.64. The number of hydrogen-bond donors (Lipinski definition) is 1. The Hall–Kier alpha value is -2.74. The van der Waals surface area contributed by atoms with Gasteiger partial charge in [0, 0.05) is 24.7 Å². The van der Waals surface area contributed by atoms with Crippen LogP contribution in [-0.2, 0) is 14.8 Å². The lowest BCUT2D eigenvalue weighted by Crippen LogP contribution is -2.35. The summed E-state index contributed by atoms with van der Waals surface area (Å²) in [6.07, 6.45) is 0.566. The van der Waals surface area contributed by atoms with Crippen molar-refractivity contribution >= 4 is 27.3 Å². The van der Waals surface area contributed by atoms with Crippen molar-refractivity contribution in [3.8, 4) is 11.5 Å². The molecular formula is C19H22N2O5S. The van der Waals surface area contributed by atoms with E-state index in [-0.39, 0.29) is 18.9 Å². The van der Waals surface area contributed by atoms with Gasteiger partial charge in [0.1, 0.15) is 11.5 Å². The Morgan fingerprint density at radius 1 is 1.26 bits per heavy atom. The Bertz CT molecular complexity index is 929. The number of amides is 1. The first-order chi connectivity index (χ1) is 12.9. The van der Waals surface area contributed by atoms with E-state index in [1.165, 1.54) is 4.31 Å². The van der Waals surface area contributed by atoms with E-state index in [0.29, 0.717) is 29.5 Å². The molecule has 0 bridgehead atoms. The SMILES string of the molecule is CCOc1cccc(NC(=O)[C@H]2CCN(S(C)(=O)=O)c3ccccc3O2)c1. The fourth-order valence-corrected chi connectivity index (χ4v) is 3.86. The van der Waals surface area contributed by atoms with Crippen molar-refractivity contribution in [3.63, 3.8) is 0 Å². The Morgan fingerprint density at radius 3 is 2.78 bits per heavy atom. The van der Waals surface area contributed by atoms with E-state index in [0.717, 1.165) is 6.26 Å². The van der Waals surface area contributed by atoms with Gasteiger partial charge in [0.15, 0.2) is 6.10 Å². The molecule has 2 aromatic rings. The maximum atomic E-state index is 12.7. The van der Waals surface area contributed by atoms with E-state index in [1.807, 2.05) is 13.0 Å². The molecule has 0 aromatic heterocycles. The zero-order valence-electron chi connectivity index (χ0n) is 15.2. The highest BCUT2D eigenvalue weighted by Crippen LogP contribution is 2.34. The third-order valence-corrected chi connectivity index (χ3v) is 5.28. The van der Waals surface area contributed by atoms with Gasteiger partial charge >= 0.3 is 0 Å². The fraction of sp³-hybridized carbons (Fsp3) is 0.316. The molecule has 1 atom stereocenters. The summed E-state index contributed by atoms with van der Waals surface area (Å²) in [6, 6.07) is 13.9. The molecule has 144 valence electrons. The Balaban J connectivity index is 1.80. The second-order valence-corrected chi connectivity index (χ2v) is 8.05. The number of rotatable bonds is 5. The molecule has 1 aliphatic heterocycles. The molecule has 27 heavy (non-hydrogen) atoms. The Morgan fingerprint density at radius 2 is 2.04 bits per heavy atom. The molecule has 1 aliphatic rings. The number of nitrogens with zero attached hydrogens (tertiary/aromatic N) is 1. The van der Waals surface area contributed by atoms with Crippen LogP contribution in [0.2, 0.25) is 0 Å². The van der Waals surface area contributed by atoms with E-state index in [1.54, 1.807) is 42.5 Å². The Labute approximate surface area is 158 Å². The highest BCUT2D eigenvalue weighted by molar-refractivity contribution is 7.92. The standard InChI is InChI=1S/C19H22N2O5S/c1-3-25-15-8-6-7-14(13-15)20-19(22)18-11-12-21(27(2,23)24)16-9-4-5-10-17(16)26-18/h4-10,13,18H,3,11-12H2,1-2H3,(H,20,22)/t18-/m1/s1. The number of anilines is 2. The number of benzene rings is 2. The minimum Gasteiger partial charge on any atom is -0.494 e. The lowest BCUT2D eigenvalue weighted by molar-refractivity contribution is -0.122. The quantitative estimate of drug-likeness (QED) is 0.848. The van der Waals surface area contributed by atoms with Crippen LogP contribution in [0.5, 0.6) is 11.5 Å². The molecule has 0 aliphatic carbocycles. The molecule has 0 saturated carbocycles. The summed E-state index contributed by atoms with van der Waals surface area (Å²) in [5, 5.41) is 2.81. The van der Waals surface area contributed by atoms with E-state index in [2.05, 4.69) is 5.32 Å². The van der Waals surface area contributed by atoms with E-state index in [4.69, 9.17) is 9.47 Å². The molecule has 1 N–H and O–H groups in total. The summed E-state index contributed by atoms with van der Waals surface area (Å²) in [5.41, 5.74) is 1.03. The first-order valence-corrected chi connectivity index (χ1v) is 10.5. The summed E-state index contributed by atoms with van der Waals surface area (Å²) >= 11 is 0. The monoisotopic (exact) mass is 390 g/mol. The number of fused-ring (bicyclic) bond motifs is 1. The van der Waals surface area contributed by atoms with Crippen LogP contribution in [0.4, 0.5) is 11.4 Å². The number of nitrogens with one attached hydrogen (secondary N) is 1. The van der Waals surface area contributed by atoms with Crippen molar-refractivity contribution in [3.05, 3.63) is 48.5 Å². The van der Waals surface area contributed by atoms with Crippen molar-refractivity contribution in [2.75, 3.05) is 29.0 Å². The number of hydrogen-bond acceptors (Lipinski definition) is 5. The molecule has 1 heterocycles. The molecule has 7 nitrogen and oxygen atoms in total. The number of ether oxygens (including phenoxy) is 2. The lowest BCUT2D eigenvalue weighted by atomic mass is 10.2. The molecule has 3 rings (SSSR count). The van der Waals surface area contributed by atoms with Gasteiger partial charge in [0.2, 0.25) is 10.0 Å². The van der Waals surface area contributed by atoms with Gasteiger partial charge in [-0.3, -0.25) is 9.10 Å². The Kier molecular flexibility index (Phi) is 5.55. The van der Waals surface area contributed by atoms with Gasteiger partial charge in [-0.2, -0.15) is 0 Å². The van der Waals surface area contributed by atoms with Gasteiger partial charge in [-0.1, -0.05) is 18.2 Å². The topological polar surface area (TPSA) is 84.9 Å². The summed E-state index contributed by atoms with van der Waals surface area (Å²) < 4.78 is 36.8. The summed E-state index contributed by atoms with van der Waals surface area (Å²) in [4.78, 5) is 12.7. The van der Waals surface area contributed by atoms with Crippen molar-refractivity contribution in [2.45, 2.75) is 19.4 Å². The van der Waals surface area contributed by atoms with Crippen LogP contribution in [-0.4, -0.2) is 39.8 Å². The van der Waals surface area contributed by atoms with E-state index in [9.17, 15) is 13.2 Å². The van der Waals surface area contributed by atoms with E-state index < -0.39 is 16.1 Å². The van der Waals surface area contributed by atoms with Crippen LogP contribution in [0.15, 0.2) is 48.5 Å². The van der Waals surface area contributed by atoms with Crippen LogP contribution < -0.4 is 19.1 Å². The molecule has 2 aromatic carbocycles. The van der Waals surface area contributed by atoms with Gasteiger partial charge in [-0.15, -0.1) is 0 Å². The summed E-state index contributed by atoms with van der Waals surface area (Å²) in [6.45, 7) is 2.57. The molecule has 0 spiro atoms. The van der Waals surface area contributed by atoms with Crippen LogP contribution in [0.3, 0.4) is 0 Å². The molecule has 0 saturated heterocycles. The van der Waals surface area contributed by atoms with Crippen molar-refractivity contribution < 1.29 is 22.7 Å². The van der Waals surface area contributed by atoms with Crippen molar-refractivity contribution in [1.82, 2.24) is 0 Å². The number of carbonyl (C=O) groups excluding carboxylic acids is 1. The maximum absolute atomic E-state index is 12.7. The van der Waals surface area contributed by atoms with E-state index >= 15 is 0 Å². The second kappa shape index (κ2) is 7.87. The van der Waals surface area contributed by atoms with Crippen LogP contribution in [0.1, 0.15) is 13.3 Å². The number of sulfonamides is 1. The van der Waals surface area contributed by atoms with Crippen LogP contribution in [0, 0.1) is 0 Å². The number of para-hydroxylation sites is 2. The largest absolute Gasteiger partial charge is 0.494 e. The number of carbonyl (C=O) groups is 1. The van der Waals surface area contributed by atoms with Crippen LogP contribution >= 0.6 is 0 Å². The fourth-order valence-electron chi connectivity index (χ4n) is 2.91. The summed E-state index contributed by atoms with van der Waals surface area (Å²) in [7, 11) is -3.48. The van der Waals surface area contributed by atoms with Gasteiger partial charge < -0.3 is 14.8 Å². The zero-order chi connectivity index (χ0) is 19.4.